The van der Waals surface area contributed by atoms with E-state index >= 15 is 0 Å². The Morgan fingerprint density at radius 2 is 2.10 bits per heavy atom. The number of hydrogen-bond acceptors (Lipinski definition) is 2. The van der Waals surface area contributed by atoms with Crippen LogP contribution in [-0.4, -0.2) is 23.1 Å². The number of hydrogen-bond donors (Lipinski definition) is 3. The molecular formula is C14H16BrFN2O3. The lowest BCUT2D eigenvalue weighted by molar-refractivity contribution is -0.141. The van der Waals surface area contributed by atoms with E-state index < -0.39 is 23.7 Å². The molecule has 0 radical (unpaired) electrons. The van der Waals surface area contributed by atoms with Crippen LogP contribution >= 0.6 is 15.9 Å². The second kappa shape index (κ2) is 6.43. The molecule has 1 aliphatic carbocycles. The maximum atomic E-state index is 13.5. The van der Waals surface area contributed by atoms with Crippen LogP contribution in [0.15, 0.2) is 16.6 Å². The van der Waals surface area contributed by atoms with Crippen LogP contribution < -0.4 is 10.6 Å². The van der Waals surface area contributed by atoms with Crippen LogP contribution in [0.5, 0.6) is 0 Å². The van der Waals surface area contributed by atoms with Crippen LogP contribution in [0, 0.1) is 18.7 Å². The summed E-state index contributed by atoms with van der Waals surface area (Å²) in [5.41, 5.74) is 1.12. The molecule has 7 heteroatoms. The molecule has 2 atom stereocenters. The third-order valence-corrected chi connectivity index (χ3v) is 4.24. The van der Waals surface area contributed by atoms with Gasteiger partial charge in [-0.25, -0.2) is 9.18 Å². The van der Waals surface area contributed by atoms with Crippen LogP contribution in [0.2, 0.25) is 0 Å². The van der Waals surface area contributed by atoms with Crippen molar-refractivity contribution in [1.29, 1.82) is 0 Å². The largest absolute Gasteiger partial charge is 0.481 e. The Morgan fingerprint density at radius 3 is 2.71 bits per heavy atom. The SMILES string of the molecule is Cc1cc(Br)c(F)cc1NC(=O)N[C@H]1CC[C@@H](C(=O)O)C1. The molecule has 0 bridgehead atoms. The first-order valence-electron chi connectivity index (χ1n) is 6.62. The average Bonchev–Trinajstić information content (AvgIpc) is 2.84. The Bertz CT molecular complexity index is 580. The number of nitrogens with one attached hydrogen (secondary N) is 2. The number of aliphatic carboxylic acids is 1. The number of halogens is 2. The fourth-order valence-corrected chi connectivity index (χ4v) is 2.92. The minimum absolute atomic E-state index is 0.160. The molecule has 2 rings (SSSR count). The van der Waals surface area contributed by atoms with Gasteiger partial charge in [0.2, 0.25) is 0 Å². The van der Waals surface area contributed by atoms with E-state index in [1.54, 1.807) is 13.0 Å². The van der Waals surface area contributed by atoms with Crippen LogP contribution in [-0.2, 0) is 4.79 Å². The number of carboxylic acid groups (broad SMARTS) is 1. The number of benzene rings is 1. The fourth-order valence-electron chi connectivity index (χ4n) is 2.46. The van der Waals surface area contributed by atoms with Crippen molar-refractivity contribution >= 4 is 33.6 Å². The maximum Gasteiger partial charge on any atom is 0.319 e. The molecule has 21 heavy (non-hydrogen) atoms. The van der Waals surface area contributed by atoms with Gasteiger partial charge in [0, 0.05) is 11.7 Å². The minimum atomic E-state index is -0.828. The highest BCUT2D eigenvalue weighted by Crippen LogP contribution is 2.26. The summed E-state index contributed by atoms with van der Waals surface area (Å²) in [6, 6.07) is 2.22. The molecule has 0 spiro atoms. The predicted octanol–water partition coefficient (Wildman–Crippen LogP) is 3.27. The van der Waals surface area contributed by atoms with Gasteiger partial charge in [0.1, 0.15) is 5.82 Å². The van der Waals surface area contributed by atoms with Gasteiger partial charge in [0.25, 0.3) is 0 Å². The number of carboxylic acids is 1. The number of carbonyl (C=O) groups excluding carboxylic acids is 1. The average molecular weight is 359 g/mol. The quantitative estimate of drug-likeness (QED) is 0.775. The van der Waals surface area contributed by atoms with E-state index in [1.807, 2.05) is 0 Å². The lowest BCUT2D eigenvalue weighted by Gasteiger charge is -2.15. The summed E-state index contributed by atoms with van der Waals surface area (Å²) in [6.45, 7) is 1.76. The third kappa shape index (κ3) is 3.93. The van der Waals surface area contributed by atoms with E-state index in [1.165, 1.54) is 6.07 Å². The number of anilines is 1. The minimum Gasteiger partial charge on any atom is -0.481 e. The van der Waals surface area contributed by atoms with E-state index in [4.69, 9.17) is 5.11 Å². The van der Waals surface area contributed by atoms with Crippen molar-refractivity contribution in [3.63, 3.8) is 0 Å². The molecule has 0 aromatic heterocycles. The number of amides is 2. The zero-order valence-electron chi connectivity index (χ0n) is 11.5. The molecule has 114 valence electrons. The highest BCUT2D eigenvalue weighted by Gasteiger charge is 2.30. The highest BCUT2D eigenvalue weighted by molar-refractivity contribution is 9.10. The van der Waals surface area contributed by atoms with Crippen LogP contribution in [0.4, 0.5) is 14.9 Å². The van der Waals surface area contributed by atoms with Crippen molar-refractivity contribution in [2.45, 2.75) is 32.2 Å². The van der Waals surface area contributed by atoms with E-state index in [2.05, 4.69) is 26.6 Å². The monoisotopic (exact) mass is 358 g/mol. The number of rotatable bonds is 3. The van der Waals surface area contributed by atoms with Gasteiger partial charge < -0.3 is 15.7 Å². The number of aryl methyl sites for hydroxylation is 1. The van der Waals surface area contributed by atoms with E-state index in [-0.39, 0.29) is 6.04 Å². The molecule has 1 aromatic carbocycles. The molecule has 0 heterocycles. The Kier molecular flexibility index (Phi) is 4.82. The molecule has 3 N–H and O–H groups in total. The summed E-state index contributed by atoms with van der Waals surface area (Å²) in [7, 11) is 0. The van der Waals surface area contributed by atoms with Crippen LogP contribution in [0.25, 0.3) is 0 Å². The van der Waals surface area contributed by atoms with Gasteiger partial charge in [-0.05, 0) is 59.8 Å². The molecule has 5 nitrogen and oxygen atoms in total. The van der Waals surface area contributed by atoms with Gasteiger partial charge in [-0.1, -0.05) is 0 Å². The molecule has 0 aliphatic heterocycles. The van der Waals surface area contributed by atoms with Gasteiger partial charge in [0.15, 0.2) is 0 Å². The summed E-state index contributed by atoms with van der Waals surface area (Å²) >= 11 is 3.08. The highest BCUT2D eigenvalue weighted by atomic mass is 79.9. The van der Waals surface area contributed by atoms with Gasteiger partial charge in [0.05, 0.1) is 10.4 Å². The summed E-state index contributed by atoms with van der Waals surface area (Å²) in [4.78, 5) is 22.8. The summed E-state index contributed by atoms with van der Waals surface area (Å²) in [5, 5.41) is 14.2. The van der Waals surface area contributed by atoms with Crippen molar-refractivity contribution < 1.29 is 19.1 Å². The van der Waals surface area contributed by atoms with Crippen molar-refractivity contribution in [2.75, 3.05) is 5.32 Å². The second-order valence-corrected chi connectivity index (χ2v) is 6.08. The van der Waals surface area contributed by atoms with Gasteiger partial charge in [-0.3, -0.25) is 4.79 Å². The summed E-state index contributed by atoms with van der Waals surface area (Å²) < 4.78 is 13.8. The van der Waals surface area contributed by atoms with Crippen LogP contribution in [0.3, 0.4) is 0 Å². The van der Waals surface area contributed by atoms with E-state index in [9.17, 15) is 14.0 Å². The number of carbonyl (C=O) groups is 2. The third-order valence-electron chi connectivity index (χ3n) is 3.63. The smallest absolute Gasteiger partial charge is 0.319 e. The van der Waals surface area contributed by atoms with Gasteiger partial charge in [-0.2, -0.15) is 0 Å². The van der Waals surface area contributed by atoms with Crippen molar-refractivity contribution in [2.24, 2.45) is 5.92 Å². The van der Waals surface area contributed by atoms with Crippen molar-refractivity contribution in [1.82, 2.24) is 5.32 Å². The first kappa shape index (κ1) is 15.8. The molecule has 1 saturated carbocycles. The Labute approximate surface area is 130 Å². The molecule has 0 unspecified atom stereocenters. The van der Waals surface area contributed by atoms with Crippen molar-refractivity contribution in [3.05, 3.63) is 28.0 Å². The Balaban J connectivity index is 1.94. The molecule has 1 aliphatic rings. The summed E-state index contributed by atoms with van der Waals surface area (Å²) in [6.07, 6.45) is 1.63. The topological polar surface area (TPSA) is 78.4 Å². The first-order chi connectivity index (χ1) is 9.86. The molecular weight excluding hydrogens is 343 g/mol. The molecule has 1 aromatic rings. The molecule has 1 fully saturated rings. The lowest BCUT2D eigenvalue weighted by Crippen LogP contribution is -2.36. The van der Waals surface area contributed by atoms with E-state index in [0.29, 0.717) is 29.4 Å². The lowest BCUT2D eigenvalue weighted by atomic mass is 10.1. The summed E-state index contributed by atoms with van der Waals surface area (Å²) in [5.74, 6) is -1.68. The van der Waals surface area contributed by atoms with Gasteiger partial charge in [-0.15, -0.1) is 0 Å². The molecule has 2 amide bonds. The Morgan fingerprint density at radius 1 is 1.38 bits per heavy atom. The van der Waals surface area contributed by atoms with Crippen molar-refractivity contribution in [3.8, 4) is 0 Å². The normalized spacial score (nSPS) is 21.1. The molecule has 0 saturated heterocycles. The second-order valence-electron chi connectivity index (χ2n) is 5.22. The zero-order chi connectivity index (χ0) is 15.6. The fraction of sp³-hybridized carbons (Fsp3) is 0.429. The number of urea groups is 1. The first-order valence-corrected chi connectivity index (χ1v) is 7.42. The van der Waals surface area contributed by atoms with Gasteiger partial charge >= 0.3 is 12.0 Å². The standard InChI is InChI=1S/C14H16BrFN2O3/c1-7-4-10(15)11(16)6-12(7)18-14(21)17-9-3-2-8(5-9)13(19)20/h4,6,8-9H,2-3,5H2,1H3,(H,19,20)(H2,17,18,21)/t8-,9+/m1/s1. The zero-order valence-corrected chi connectivity index (χ0v) is 13.0. The predicted molar refractivity (Wildman–Crippen MR) is 79.8 cm³/mol. The maximum absolute atomic E-state index is 13.5. The van der Waals surface area contributed by atoms with E-state index in [0.717, 1.165) is 5.56 Å². The Hall–Kier alpha value is -1.63. The van der Waals surface area contributed by atoms with Crippen LogP contribution in [0.1, 0.15) is 24.8 Å².